The fourth-order valence-electron chi connectivity index (χ4n) is 2.05. The second kappa shape index (κ2) is 8.55. The molecule has 130 valence electrons. The SMILES string of the molecule is CSc1nc(Br)cn2c(I)cnc12.CSc1nc(Br)cn2ccnc12. The maximum atomic E-state index is 4.33. The molecule has 0 spiro atoms. The third kappa shape index (κ3) is 4.31. The van der Waals surface area contributed by atoms with Crippen molar-refractivity contribution in [1.82, 2.24) is 28.7 Å². The maximum absolute atomic E-state index is 4.33. The highest BCUT2D eigenvalue weighted by atomic mass is 127. The van der Waals surface area contributed by atoms with E-state index < -0.39 is 0 Å². The van der Waals surface area contributed by atoms with Crippen LogP contribution in [0.2, 0.25) is 0 Å². The fourth-order valence-corrected chi connectivity index (χ4v) is 4.63. The van der Waals surface area contributed by atoms with Crippen LogP contribution in [0.3, 0.4) is 0 Å². The van der Waals surface area contributed by atoms with Crippen LogP contribution in [0.5, 0.6) is 0 Å². The summed E-state index contributed by atoms with van der Waals surface area (Å²) in [5.74, 6) is 0. The summed E-state index contributed by atoms with van der Waals surface area (Å²) in [6, 6.07) is 0. The Bertz CT molecular complexity index is 1030. The average molecular weight is 614 g/mol. The first kappa shape index (κ1) is 19.4. The van der Waals surface area contributed by atoms with Crippen molar-refractivity contribution in [2.45, 2.75) is 10.1 Å². The molecule has 4 aromatic heterocycles. The van der Waals surface area contributed by atoms with Gasteiger partial charge in [0.2, 0.25) is 0 Å². The summed E-state index contributed by atoms with van der Waals surface area (Å²) in [5, 5.41) is 1.88. The highest BCUT2D eigenvalue weighted by molar-refractivity contribution is 14.1. The number of imidazole rings is 2. The van der Waals surface area contributed by atoms with E-state index >= 15 is 0 Å². The van der Waals surface area contributed by atoms with Gasteiger partial charge in [0.05, 0.1) is 6.20 Å². The number of hydrogen-bond acceptors (Lipinski definition) is 6. The molecule has 0 aliphatic heterocycles. The number of halogens is 3. The molecule has 0 saturated heterocycles. The summed E-state index contributed by atoms with van der Waals surface area (Å²) in [4.78, 5) is 17.1. The standard InChI is InChI=1S/C7H5BrIN3S.C7H6BrN3S/c1-13-7-6-10-2-5(9)12(6)3-4(8)11-7;1-12-7-6-9-2-3-11(6)4-5(8)10-7/h2-3H,1H3;2-4H,1H3. The molecule has 0 atom stereocenters. The van der Waals surface area contributed by atoms with Gasteiger partial charge in [0, 0.05) is 24.8 Å². The van der Waals surface area contributed by atoms with Gasteiger partial charge in [-0.15, -0.1) is 23.5 Å². The van der Waals surface area contributed by atoms with E-state index in [-0.39, 0.29) is 0 Å². The van der Waals surface area contributed by atoms with Crippen LogP contribution >= 0.6 is 78.0 Å². The monoisotopic (exact) mass is 612 g/mol. The van der Waals surface area contributed by atoms with Gasteiger partial charge < -0.3 is 4.40 Å². The number of rotatable bonds is 2. The van der Waals surface area contributed by atoms with E-state index in [1.165, 1.54) is 0 Å². The zero-order valence-electron chi connectivity index (χ0n) is 13.0. The van der Waals surface area contributed by atoms with Gasteiger partial charge in [-0.25, -0.2) is 19.9 Å². The third-order valence-corrected chi connectivity index (χ3v) is 5.97. The van der Waals surface area contributed by atoms with E-state index in [2.05, 4.69) is 74.4 Å². The molecule has 0 radical (unpaired) electrons. The van der Waals surface area contributed by atoms with E-state index in [0.717, 1.165) is 34.3 Å². The van der Waals surface area contributed by atoms with Crippen LogP contribution in [0.1, 0.15) is 0 Å². The lowest BCUT2D eigenvalue weighted by Crippen LogP contribution is -1.92. The summed E-state index contributed by atoms with van der Waals surface area (Å²) in [7, 11) is 0. The number of thioether (sulfide) groups is 2. The Morgan fingerprint density at radius 3 is 2.28 bits per heavy atom. The van der Waals surface area contributed by atoms with Gasteiger partial charge in [0.25, 0.3) is 0 Å². The first-order valence-electron chi connectivity index (χ1n) is 6.79. The first-order valence-corrected chi connectivity index (χ1v) is 11.9. The molecule has 0 bridgehead atoms. The lowest BCUT2D eigenvalue weighted by Gasteiger charge is -2.00. The molecule has 0 aliphatic rings. The van der Waals surface area contributed by atoms with E-state index in [0.29, 0.717) is 0 Å². The largest absolute Gasteiger partial charge is 0.302 e. The molecule has 6 nitrogen and oxygen atoms in total. The van der Waals surface area contributed by atoms with E-state index in [1.807, 2.05) is 46.1 Å². The third-order valence-electron chi connectivity index (χ3n) is 3.09. The lowest BCUT2D eigenvalue weighted by molar-refractivity contribution is 0.998. The predicted molar refractivity (Wildman–Crippen MR) is 118 cm³/mol. The predicted octanol–water partition coefficient (Wildman–Crippen LogP) is 5.03. The van der Waals surface area contributed by atoms with E-state index in [9.17, 15) is 0 Å². The molecule has 4 aromatic rings. The van der Waals surface area contributed by atoms with Gasteiger partial charge in [0.1, 0.15) is 23.0 Å². The molecular formula is C14H11Br2IN6S2. The van der Waals surface area contributed by atoms with Crippen molar-refractivity contribution in [2.24, 2.45) is 0 Å². The van der Waals surface area contributed by atoms with Crippen LogP contribution in [-0.2, 0) is 0 Å². The van der Waals surface area contributed by atoms with Gasteiger partial charge in [-0.05, 0) is 67.0 Å². The van der Waals surface area contributed by atoms with E-state index in [4.69, 9.17) is 0 Å². The lowest BCUT2D eigenvalue weighted by atomic mass is 10.7. The topological polar surface area (TPSA) is 60.4 Å². The highest BCUT2D eigenvalue weighted by Crippen LogP contribution is 2.22. The Labute approximate surface area is 183 Å². The molecule has 11 heteroatoms. The van der Waals surface area contributed by atoms with Crippen molar-refractivity contribution in [2.75, 3.05) is 12.5 Å². The molecule has 0 fully saturated rings. The maximum Gasteiger partial charge on any atom is 0.170 e. The summed E-state index contributed by atoms with van der Waals surface area (Å²) in [5.41, 5.74) is 1.82. The molecule has 0 amide bonds. The fraction of sp³-hybridized carbons (Fsp3) is 0.143. The smallest absolute Gasteiger partial charge is 0.170 e. The minimum absolute atomic E-state index is 0.831. The van der Waals surface area contributed by atoms with E-state index in [1.54, 1.807) is 29.7 Å². The quantitative estimate of drug-likeness (QED) is 0.233. The second-order valence-electron chi connectivity index (χ2n) is 4.58. The van der Waals surface area contributed by atoms with Crippen molar-refractivity contribution >= 4 is 89.3 Å². The minimum atomic E-state index is 0.831. The molecule has 0 aliphatic carbocycles. The average Bonchev–Trinajstić information content (AvgIpc) is 3.21. The van der Waals surface area contributed by atoms with Crippen molar-refractivity contribution < 1.29 is 0 Å². The van der Waals surface area contributed by atoms with Crippen molar-refractivity contribution in [3.63, 3.8) is 0 Å². The molecule has 0 saturated carbocycles. The molecule has 0 N–H and O–H groups in total. The van der Waals surface area contributed by atoms with Crippen LogP contribution in [0.25, 0.3) is 11.3 Å². The van der Waals surface area contributed by atoms with Gasteiger partial charge in [0.15, 0.2) is 11.3 Å². The summed E-state index contributed by atoms with van der Waals surface area (Å²) < 4.78 is 6.72. The van der Waals surface area contributed by atoms with Crippen LogP contribution in [0, 0.1) is 3.70 Å². The Hall–Kier alpha value is -0.370. The van der Waals surface area contributed by atoms with Crippen LogP contribution < -0.4 is 0 Å². The molecule has 25 heavy (non-hydrogen) atoms. The number of nitrogens with zero attached hydrogens (tertiary/aromatic N) is 6. The molecular weight excluding hydrogens is 603 g/mol. The molecule has 0 aromatic carbocycles. The van der Waals surface area contributed by atoms with Crippen LogP contribution in [0.15, 0.2) is 50.2 Å². The van der Waals surface area contributed by atoms with Gasteiger partial charge >= 0.3 is 0 Å². The van der Waals surface area contributed by atoms with Gasteiger partial charge in [-0.2, -0.15) is 0 Å². The zero-order valence-corrected chi connectivity index (χ0v) is 20.0. The minimum Gasteiger partial charge on any atom is -0.302 e. The van der Waals surface area contributed by atoms with Crippen molar-refractivity contribution in [1.29, 1.82) is 0 Å². The van der Waals surface area contributed by atoms with Crippen molar-refractivity contribution in [3.8, 4) is 0 Å². The molecule has 4 heterocycles. The van der Waals surface area contributed by atoms with Gasteiger partial charge in [-0.3, -0.25) is 4.40 Å². The Balaban J connectivity index is 0.000000146. The molecule has 0 unspecified atom stereocenters. The second-order valence-corrected chi connectivity index (χ2v) is 8.90. The summed E-state index contributed by atoms with van der Waals surface area (Å²) in [6.07, 6.45) is 13.3. The van der Waals surface area contributed by atoms with Crippen LogP contribution in [-0.4, -0.2) is 41.2 Å². The Morgan fingerprint density at radius 1 is 0.960 bits per heavy atom. The number of fused-ring (bicyclic) bond motifs is 2. The number of aromatic nitrogens is 6. The van der Waals surface area contributed by atoms with Crippen molar-refractivity contribution in [3.05, 3.63) is 43.9 Å². The van der Waals surface area contributed by atoms with Crippen LogP contribution in [0.4, 0.5) is 0 Å². The normalized spacial score (nSPS) is 10.9. The van der Waals surface area contributed by atoms with Gasteiger partial charge in [-0.1, -0.05) is 0 Å². The Kier molecular flexibility index (Phi) is 6.63. The Morgan fingerprint density at radius 2 is 1.60 bits per heavy atom. The highest BCUT2D eigenvalue weighted by Gasteiger charge is 2.07. The molecule has 4 rings (SSSR count). The summed E-state index contributed by atoms with van der Waals surface area (Å²) >= 11 is 12.1. The first-order chi connectivity index (χ1) is 12.0. The number of hydrogen-bond donors (Lipinski definition) is 0. The zero-order chi connectivity index (χ0) is 18.0. The summed E-state index contributed by atoms with van der Waals surface area (Å²) in [6.45, 7) is 0.